The summed E-state index contributed by atoms with van der Waals surface area (Å²) in [7, 11) is 0. The van der Waals surface area contributed by atoms with Crippen molar-refractivity contribution in [3.8, 4) is 0 Å². The van der Waals surface area contributed by atoms with E-state index in [9.17, 15) is 4.79 Å². The highest BCUT2D eigenvalue weighted by Crippen LogP contribution is 2.16. The molecule has 2 rings (SSSR count). The Balaban J connectivity index is 2.28. The molecule has 1 N–H and O–H groups in total. The number of hydrogen-bond acceptors (Lipinski definition) is 2. The Morgan fingerprint density at radius 1 is 1.29 bits per heavy atom. The summed E-state index contributed by atoms with van der Waals surface area (Å²) in [6, 6.07) is 9.78. The van der Waals surface area contributed by atoms with Crippen LogP contribution in [0, 0.1) is 0 Å². The van der Waals surface area contributed by atoms with Crippen molar-refractivity contribution < 1.29 is 4.79 Å². The average molecular weight is 246 g/mol. The Kier molecular flexibility index (Phi) is 3.24. The lowest BCUT2D eigenvalue weighted by molar-refractivity contribution is -0.123. The van der Waals surface area contributed by atoms with Crippen molar-refractivity contribution in [1.29, 1.82) is 0 Å². The van der Waals surface area contributed by atoms with Gasteiger partial charge in [-0.05, 0) is 37.7 Å². The van der Waals surface area contributed by atoms with Crippen LogP contribution in [-0.2, 0) is 4.79 Å². The van der Waals surface area contributed by atoms with E-state index in [0.717, 1.165) is 5.56 Å². The number of benzene rings is 1. The van der Waals surface area contributed by atoms with E-state index in [2.05, 4.69) is 5.32 Å². The standard InChI is InChI=1S/C13H14N2OS/c1-9(2)15-12(16)11(14-13(15)17)8-10-6-4-3-5-7-10/h3-9H,1-2H3,(H,14,17)/b11-8-. The monoisotopic (exact) mass is 246 g/mol. The lowest BCUT2D eigenvalue weighted by Crippen LogP contribution is -2.36. The summed E-state index contributed by atoms with van der Waals surface area (Å²) in [6.45, 7) is 3.88. The average Bonchev–Trinajstić information content (AvgIpc) is 2.55. The quantitative estimate of drug-likeness (QED) is 0.641. The number of rotatable bonds is 2. The van der Waals surface area contributed by atoms with Gasteiger partial charge in [0.1, 0.15) is 5.70 Å². The van der Waals surface area contributed by atoms with Crippen LogP contribution in [-0.4, -0.2) is 22.0 Å². The number of carbonyl (C=O) groups excluding carboxylic acids is 1. The number of carbonyl (C=O) groups is 1. The highest BCUT2D eigenvalue weighted by molar-refractivity contribution is 7.80. The highest BCUT2D eigenvalue weighted by atomic mass is 32.1. The molecular weight excluding hydrogens is 232 g/mol. The van der Waals surface area contributed by atoms with Crippen LogP contribution in [0.1, 0.15) is 19.4 Å². The Morgan fingerprint density at radius 2 is 1.94 bits per heavy atom. The van der Waals surface area contributed by atoms with Crippen molar-refractivity contribution in [3.05, 3.63) is 41.6 Å². The lowest BCUT2D eigenvalue weighted by Gasteiger charge is -2.17. The fourth-order valence-corrected chi connectivity index (χ4v) is 2.14. The zero-order valence-corrected chi connectivity index (χ0v) is 10.6. The second kappa shape index (κ2) is 4.67. The van der Waals surface area contributed by atoms with Crippen LogP contribution in [0.5, 0.6) is 0 Å². The SMILES string of the molecule is CC(C)N1C(=O)/C(=C/c2ccccc2)NC1=S. The van der Waals surface area contributed by atoms with Crippen molar-refractivity contribution >= 4 is 29.3 Å². The predicted molar refractivity (Wildman–Crippen MR) is 72.1 cm³/mol. The molecule has 1 aliphatic heterocycles. The molecule has 3 nitrogen and oxygen atoms in total. The molecule has 0 atom stereocenters. The molecule has 1 amide bonds. The molecule has 1 aromatic carbocycles. The molecule has 0 unspecified atom stereocenters. The fraction of sp³-hybridized carbons (Fsp3) is 0.231. The van der Waals surface area contributed by atoms with Crippen LogP contribution < -0.4 is 5.32 Å². The third kappa shape index (κ3) is 2.36. The van der Waals surface area contributed by atoms with Gasteiger partial charge in [-0.15, -0.1) is 0 Å². The van der Waals surface area contributed by atoms with E-state index in [-0.39, 0.29) is 11.9 Å². The summed E-state index contributed by atoms with van der Waals surface area (Å²) in [5, 5.41) is 3.43. The van der Waals surface area contributed by atoms with Gasteiger partial charge >= 0.3 is 0 Å². The summed E-state index contributed by atoms with van der Waals surface area (Å²) in [6.07, 6.45) is 1.82. The normalized spacial score (nSPS) is 18.1. The minimum atomic E-state index is -0.0612. The maximum absolute atomic E-state index is 12.1. The molecule has 88 valence electrons. The fourth-order valence-electron chi connectivity index (χ4n) is 1.73. The van der Waals surface area contributed by atoms with Crippen LogP contribution in [0.4, 0.5) is 0 Å². The number of amides is 1. The first-order chi connectivity index (χ1) is 8.09. The molecule has 0 spiro atoms. The zero-order chi connectivity index (χ0) is 12.4. The number of hydrogen-bond donors (Lipinski definition) is 1. The van der Waals surface area contributed by atoms with Crippen molar-refractivity contribution in [1.82, 2.24) is 10.2 Å². The van der Waals surface area contributed by atoms with E-state index in [4.69, 9.17) is 12.2 Å². The van der Waals surface area contributed by atoms with Crippen molar-refractivity contribution in [2.24, 2.45) is 0 Å². The van der Waals surface area contributed by atoms with Crippen LogP contribution in [0.15, 0.2) is 36.0 Å². The molecule has 17 heavy (non-hydrogen) atoms. The largest absolute Gasteiger partial charge is 0.328 e. The summed E-state index contributed by atoms with van der Waals surface area (Å²) in [5.41, 5.74) is 1.52. The van der Waals surface area contributed by atoms with Gasteiger partial charge in [0.05, 0.1) is 0 Å². The van der Waals surface area contributed by atoms with Crippen molar-refractivity contribution in [3.63, 3.8) is 0 Å². The predicted octanol–water partition coefficient (Wildman–Crippen LogP) is 2.15. The summed E-state index contributed by atoms with van der Waals surface area (Å²) in [4.78, 5) is 13.7. The summed E-state index contributed by atoms with van der Waals surface area (Å²) < 4.78 is 0. The van der Waals surface area contributed by atoms with Gasteiger partial charge in [0.15, 0.2) is 5.11 Å². The van der Waals surface area contributed by atoms with Gasteiger partial charge in [-0.2, -0.15) is 0 Å². The van der Waals surface area contributed by atoms with E-state index in [1.807, 2.05) is 50.3 Å². The number of nitrogens with one attached hydrogen (secondary N) is 1. The lowest BCUT2D eigenvalue weighted by atomic mass is 10.2. The Morgan fingerprint density at radius 3 is 2.47 bits per heavy atom. The van der Waals surface area contributed by atoms with Gasteiger partial charge in [0.2, 0.25) is 0 Å². The molecule has 0 bridgehead atoms. The van der Waals surface area contributed by atoms with Crippen LogP contribution in [0.3, 0.4) is 0 Å². The van der Waals surface area contributed by atoms with E-state index in [1.165, 1.54) is 0 Å². The molecule has 0 radical (unpaired) electrons. The van der Waals surface area contributed by atoms with Gasteiger partial charge in [-0.3, -0.25) is 9.69 Å². The van der Waals surface area contributed by atoms with E-state index >= 15 is 0 Å². The third-order valence-electron chi connectivity index (χ3n) is 2.54. The Hall–Kier alpha value is -1.68. The summed E-state index contributed by atoms with van der Waals surface area (Å²) in [5.74, 6) is -0.0612. The topological polar surface area (TPSA) is 32.3 Å². The minimum absolute atomic E-state index is 0.0612. The van der Waals surface area contributed by atoms with Crippen LogP contribution >= 0.6 is 12.2 Å². The van der Waals surface area contributed by atoms with Gasteiger partial charge in [-0.1, -0.05) is 30.3 Å². The van der Waals surface area contributed by atoms with Gasteiger partial charge in [0, 0.05) is 6.04 Å². The smallest absolute Gasteiger partial charge is 0.276 e. The van der Waals surface area contributed by atoms with Gasteiger partial charge in [0.25, 0.3) is 5.91 Å². The molecule has 1 aromatic rings. The van der Waals surface area contributed by atoms with E-state index < -0.39 is 0 Å². The van der Waals surface area contributed by atoms with Crippen LogP contribution in [0.25, 0.3) is 6.08 Å². The molecule has 1 saturated heterocycles. The Labute approximate surface area is 106 Å². The molecule has 1 fully saturated rings. The van der Waals surface area contributed by atoms with E-state index in [1.54, 1.807) is 4.90 Å². The van der Waals surface area contributed by atoms with Crippen molar-refractivity contribution in [2.45, 2.75) is 19.9 Å². The molecule has 1 aliphatic rings. The molecule has 1 heterocycles. The minimum Gasteiger partial charge on any atom is -0.328 e. The molecule has 4 heteroatoms. The van der Waals surface area contributed by atoms with Gasteiger partial charge < -0.3 is 5.32 Å². The van der Waals surface area contributed by atoms with E-state index in [0.29, 0.717) is 10.8 Å². The second-order valence-electron chi connectivity index (χ2n) is 4.17. The van der Waals surface area contributed by atoms with Gasteiger partial charge in [-0.25, -0.2) is 0 Å². The first-order valence-corrected chi connectivity index (χ1v) is 5.91. The second-order valence-corrected chi connectivity index (χ2v) is 4.55. The number of thiocarbonyl (C=S) groups is 1. The van der Waals surface area contributed by atoms with Crippen LogP contribution in [0.2, 0.25) is 0 Å². The highest BCUT2D eigenvalue weighted by Gasteiger charge is 2.32. The molecular formula is C13H14N2OS. The molecule has 0 aromatic heterocycles. The third-order valence-corrected chi connectivity index (χ3v) is 2.84. The molecule has 0 saturated carbocycles. The first kappa shape index (κ1) is 11.8. The molecule has 0 aliphatic carbocycles. The maximum atomic E-state index is 12.1. The number of nitrogens with zero attached hydrogens (tertiary/aromatic N) is 1. The summed E-state index contributed by atoms with van der Waals surface area (Å²) >= 11 is 5.14. The maximum Gasteiger partial charge on any atom is 0.276 e. The Bertz CT molecular complexity index is 479. The zero-order valence-electron chi connectivity index (χ0n) is 9.81. The first-order valence-electron chi connectivity index (χ1n) is 5.51. The van der Waals surface area contributed by atoms with Crippen molar-refractivity contribution in [2.75, 3.05) is 0 Å².